The summed E-state index contributed by atoms with van der Waals surface area (Å²) in [6.07, 6.45) is 3.15. The molecule has 0 aromatic carbocycles. The van der Waals surface area contributed by atoms with Gasteiger partial charge in [-0.15, -0.1) is 0 Å². The van der Waals surface area contributed by atoms with E-state index < -0.39 is 10.0 Å². The Hall–Kier alpha value is -1.87. The molecule has 2 fully saturated rings. The van der Waals surface area contributed by atoms with Gasteiger partial charge >= 0.3 is 0 Å². The van der Waals surface area contributed by atoms with Crippen molar-refractivity contribution in [3.05, 3.63) is 17.6 Å². The normalized spacial score (nSPS) is 21.0. The van der Waals surface area contributed by atoms with E-state index in [1.165, 1.54) is 10.4 Å². The fourth-order valence-electron chi connectivity index (χ4n) is 3.87. The number of hydrogen-bond donors (Lipinski definition) is 1. The number of furan rings is 1. The van der Waals surface area contributed by atoms with Crippen molar-refractivity contribution < 1.29 is 22.4 Å². The van der Waals surface area contributed by atoms with E-state index in [1.807, 2.05) is 13.8 Å². The quantitative estimate of drug-likeness (QED) is 0.751. The predicted octanol–water partition coefficient (Wildman–Crippen LogP) is 2.00. The zero-order chi connectivity index (χ0) is 21.2. The molecule has 2 amide bonds. The van der Waals surface area contributed by atoms with Crippen molar-refractivity contribution in [1.82, 2.24) is 14.5 Å². The summed E-state index contributed by atoms with van der Waals surface area (Å²) in [6, 6.07) is 1.34. The monoisotopic (exact) mass is 425 g/mol. The number of likely N-dealkylation sites (tertiary alicyclic amines) is 1. The molecular weight excluding hydrogens is 394 g/mol. The molecule has 1 N–H and O–H groups in total. The van der Waals surface area contributed by atoms with Gasteiger partial charge in [0.2, 0.25) is 15.9 Å². The zero-order valence-electron chi connectivity index (χ0n) is 17.4. The largest absolute Gasteiger partial charge is 0.455 e. The Bertz CT molecular complexity index is 855. The first-order chi connectivity index (χ1) is 13.7. The fourth-order valence-corrected chi connectivity index (χ4v) is 5.55. The van der Waals surface area contributed by atoms with Crippen molar-refractivity contribution in [2.24, 2.45) is 11.8 Å². The molecule has 2 aliphatic rings. The zero-order valence-corrected chi connectivity index (χ0v) is 18.3. The Labute approximate surface area is 172 Å². The van der Waals surface area contributed by atoms with Crippen molar-refractivity contribution in [2.75, 3.05) is 32.7 Å². The third-order valence-corrected chi connectivity index (χ3v) is 7.54. The van der Waals surface area contributed by atoms with Crippen LogP contribution in [0.5, 0.6) is 0 Å². The maximum Gasteiger partial charge on any atom is 0.289 e. The Kier molecular flexibility index (Phi) is 6.68. The number of rotatable bonds is 6. The number of nitrogens with one attached hydrogen (secondary N) is 1. The molecule has 3 heterocycles. The summed E-state index contributed by atoms with van der Waals surface area (Å²) < 4.78 is 32.6. The van der Waals surface area contributed by atoms with Crippen molar-refractivity contribution in [1.29, 1.82) is 0 Å². The second-order valence-corrected chi connectivity index (χ2v) is 10.3. The Morgan fingerprint density at radius 3 is 2.55 bits per heavy atom. The summed E-state index contributed by atoms with van der Waals surface area (Å²) in [5, 5.41) is 2.93. The maximum atomic E-state index is 12.9. The van der Waals surface area contributed by atoms with E-state index >= 15 is 0 Å². The topological polar surface area (TPSA) is 99.9 Å². The van der Waals surface area contributed by atoms with Crippen molar-refractivity contribution in [3.8, 4) is 0 Å². The molecule has 9 heteroatoms. The van der Waals surface area contributed by atoms with E-state index in [0.717, 1.165) is 25.7 Å². The molecule has 1 unspecified atom stereocenters. The molecule has 29 heavy (non-hydrogen) atoms. The second kappa shape index (κ2) is 8.87. The average Bonchev–Trinajstić information content (AvgIpc) is 3.36. The highest BCUT2D eigenvalue weighted by molar-refractivity contribution is 7.89. The number of sulfonamides is 1. The lowest BCUT2D eigenvalue weighted by Crippen LogP contribution is -2.45. The highest BCUT2D eigenvalue weighted by atomic mass is 32.2. The van der Waals surface area contributed by atoms with Crippen LogP contribution in [0.4, 0.5) is 0 Å². The van der Waals surface area contributed by atoms with Crippen LogP contribution in [0.1, 0.15) is 55.8 Å². The summed E-state index contributed by atoms with van der Waals surface area (Å²) in [5.41, 5.74) is 0. The van der Waals surface area contributed by atoms with Crippen LogP contribution < -0.4 is 5.32 Å². The van der Waals surface area contributed by atoms with Crippen LogP contribution >= 0.6 is 0 Å². The Morgan fingerprint density at radius 2 is 1.90 bits per heavy atom. The van der Waals surface area contributed by atoms with E-state index in [-0.39, 0.29) is 34.1 Å². The van der Waals surface area contributed by atoms with Crippen LogP contribution in [-0.4, -0.2) is 62.2 Å². The molecule has 0 aliphatic carbocycles. The number of aryl methyl sites for hydroxylation is 1. The molecule has 2 saturated heterocycles. The van der Waals surface area contributed by atoms with E-state index in [2.05, 4.69) is 5.32 Å². The van der Waals surface area contributed by atoms with Gasteiger partial charge in [-0.1, -0.05) is 13.8 Å². The maximum absolute atomic E-state index is 12.9. The van der Waals surface area contributed by atoms with Crippen LogP contribution in [0.25, 0.3) is 0 Å². The van der Waals surface area contributed by atoms with Gasteiger partial charge in [-0.05, 0) is 38.5 Å². The number of amides is 2. The Balaban J connectivity index is 1.71. The lowest BCUT2D eigenvalue weighted by atomic mass is 9.96. The van der Waals surface area contributed by atoms with Gasteiger partial charge in [-0.25, -0.2) is 8.42 Å². The van der Waals surface area contributed by atoms with Gasteiger partial charge < -0.3 is 14.6 Å². The number of carbonyl (C=O) groups is 2. The van der Waals surface area contributed by atoms with Crippen LogP contribution in [0.2, 0.25) is 0 Å². The van der Waals surface area contributed by atoms with Crippen molar-refractivity contribution in [3.63, 3.8) is 0 Å². The number of nitrogens with zero attached hydrogens (tertiary/aromatic N) is 2. The fraction of sp³-hybridized carbons (Fsp3) is 0.700. The molecule has 162 valence electrons. The minimum absolute atomic E-state index is 0.0171. The van der Waals surface area contributed by atoms with E-state index in [1.54, 1.807) is 11.8 Å². The minimum Gasteiger partial charge on any atom is -0.455 e. The van der Waals surface area contributed by atoms with Crippen LogP contribution in [0, 0.1) is 18.8 Å². The van der Waals surface area contributed by atoms with Gasteiger partial charge in [0.15, 0.2) is 5.76 Å². The molecule has 8 nitrogen and oxygen atoms in total. The van der Waals surface area contributed by atoms with Gasteiger partial charge in [0.05, 0.1) is 5.92 Å². The summed E-state index contributed by atoms with van der Waals surface area (Å²) in [4.78, 5) is 27.0. The summed E-state index contributed by atoms with van der Waals surface area (Å²) in [6.45, 7) is 8.08. The summed E-state index contributed by atoms with van der Waals surface area (Å²) >= 11 is 0. The van der Waals surface area contributed by atoms with Gasteiger partial charge in [0, 0.05) is 38.8 Å². The second-order valence-electron chi connectivity index (χ2n) is 8.37. The molecule has 2 aliphatic heterocycles. The average molecular weight is 426 g/mol. The van der Waals surface area contributed by atoms with E-state index in [4.69, 9.17) is 4.42 Å². The van der Waals surface area contributed by atoms with Crippen molar-refractivity contribution in [2.45, 2.75) is 51.3 Å². The molecule has 1 atom stereocenters. The molecule has 1 aromatic heterocycles. The third-order valence-electron chi connectivity index (χ3n) is 5.53. The highest BCUT2D eigenvalue weighted by Crippen LogP contribution is 2.28. The number of carbonyl (C=O) groups excluding carboxylic acids is 2. The smallest absolute Gasteiger partial charge is 0.289 e. The van der Waals surface area contributed by atoms with Gasteiger partial charge in [-0.2, -0.15) is 4.31 Å². The standard InChI is InChI=1S/C20H31N3O5S/c1-14(2)12-21-19(24)16-7-6-8-22(13-16)20(25)17-11-18(15(3)28-17)29(26,27)23-9-4-5-10-23/h11,14,16H,4-10,12-13H2,1-3H3,(H,21,24). The van der Waals surface area contributed by atoms with E-state index in [9.17, 15) is 18.0 Å². The molecule has 0 bridgehead atoms. The summed E-state index contributed by atoms with van der Waals surface area (Å²) in [7, 11) is -3.65. The molecule has 0 spiro atoms. The van der Waals surface area contributed by atoms with Crippen LogP contribution in [0.3, 0.4) is 0 Å². The number of piperidine rings is 1. The Morgan fingerprint density at radius 1 is 1.21 bits per heavy atom. The molecule has 0 saturated carbocycles. The third kappa shape index (κ3) is 4.83. The van der Waals surface area contributed by atoms with Crippen LogP contribution in [-0.2, 0) is 14.8 Å². The lowest BCUT2D eigenvalue weighted by molar-refractivity contribution is -0.126. The first-order valence-corrected chi connectivity index (χ1v) is 11.8. The summed E-state index contributed by atoms with van der Waals surface area (Å²) in [5.74, 6) is -0.0499. The lowest BCUT2D eigenvalue weighted by Gasteiger charge is -2.31. The molecular formula is C20H31N3O5S. The first kappa shape index (κ1) is 21.8. The minimum atomic E-state index is -3.65. The number of hydrogen-bond acceptors (Lipinski definition) is 5. The SMILES string of the molecule is Cc1oc(C(=O)N2CCCC(C(=O)NCC(C)C)C2)cc1S(=O)(=O)N1CCCC1. The van der Waals surface area contributed by atoms with Crippen molar-refractivity contribution >= 4 is 21.8 Å². The molecule has 1 aromatic rings. The van der Waals surface area contributed by atoms with Gasteiger partial charge in [-0.3, -0.25) is 9.59 Å². The van der Waals surface area contributed by atoms with Gasteiger partial charge in [0.1, 0.15) is 10.7 Å². The first-order valence-electron chi connectivity index (χ1n) is 10.4. The van der Waals surface area contributed by atoms with Gasteiger partial charge in [0.25, 0.3) is 5.91 Å². The highest BCUT2D eigenvalue weighted by Gasteiger charge is 2.34. The van der Waals surface area contributed by atoms with Crippen LogP contribution in [0.15, 0.2) is 15.4 Å². The molecule has 0 radical (unpaired) electrons. The molecule has 3 rings (SSSR count). The van der Waals surface area contributed by atoms with E-state index in [0.29, 0.717) is 38.6 Å². The predicted molar refractivity (Wildman–Crippen MR) is 108 cm³/mol.